The molecule has 0 bridgehead atoms. The fourth-order valence-electron chi connectivity index (χ4n) is 1.22. The lowest BCUT2D eigenvalue weighted by Gasteiger charge is -2.09. The lowest BCUT2D eigenvalue weighted by atomic mass is 10.2. The molecule has 2 amide bonds. The SMILES string of the molecule is Cc1ccc(NC(=O)C(=O)NC[C@@H](C)O)c(Br)c1. The molecule has 0 aliphatic heterocycles. The number of benzene rings is 1. The van der Waals surface area contributed by atoms with Crippen LogP contribution in [-0.2, 0) is 9.59 Å². The Labute approximate surface area is 114 Å². The van der Waals surface area contributed by atoms with Crippen molar-refractivity contribution in [3.8, 4) is 0 Å². The van der Waals surface area contributed by atoms with Gasteiger partial charge in [-0.3, -0.25) is 9.59 Å². The van der Waals surface area contributed by atoms with Crippen LogP contribution in [0.3, 0.4) is 0 Å². The molecule has 6 heteroatoms. The standard InChI is InChI=1S/C12H15BrN2O3/c1-7-3-4-10(9(13)5-7)15-12(18)11(17)14-6-8(2)16/h3-5,8,16H,6H2,1-2H3,(H,14,17)(H,15,18)/t8-/m1/s1. The van der Waals surface area contributed by atoms with E-state index in [1.807, 2.05) is 19.1 Å². The van der Waals surface area contributed by atoms with Crippen LogP contribution in [0.1, 0.15) is 12.5 Å². The van der Waals surface area contributed by atoms with E-state index in [0.29, 0.717) is 10.2 Å². The van der Waals surface area contributed by atoms with Gasteiger partial charge in [0.2, 0.25) is 0 Å². The fraction of sp³-hybridized carbons (Fsp3) is 0.333. The lowest BCUT2D eigenvalue weighted by molar-refractivity contribution is -0.136. The number of aliphatic hydroxyl groups is 1. The third-order valence-corrected chi connectivity index (χ3v) is 2.79. The Balaban J connectivity index is 2.61. The van der Waals surface area contributed by atoms with Crippen LogP contribution in [0.15, 0.2) is 22.7 Å². The predicted molar refractivity (Wildman–Crippen MR) is 72.2 cm³/mol. The van der Waals surface area contributed by atoms with E-state index in [0.717, 1.165) is 5.56 Å². The molecule has 0 radical (unpaired) electrons. The molecule has 0 spiro atoms. The summed E-state index contributed by atoms with van der Waals surface area (Å²) in [4.78, 5) is 22.9. The third-order valence-electron chi connectivity index (χ3n) is 2.14. The Morgan fingerprint density at radius 2 is 2.06 bits per heavy atom. The van der Waals surface area contributed by atoms with Crippen molar-refractivity contribution >= 4 is 33.4 Å². The first-order valence-electron chi connectivity index (χ1n) is 5.43. The predicted octanol–water partition coefficient (Wildman–Crippen LogP) is 1.19. The number of nitrogens with one attached hydrogen (secondary N) is 2. The van der Waals surface area contributed by atoms with Crippen LogP contribution in [0.25, 0.3) is 0 Å². The Bertz CT molecular complexity index is 461. The van der Waals surface area contributed by atoms with Gasteiger partial charge in [-0.2, -0.15) is 0 Å². The lowest BCUT2D eigenvalue weighted by Crippen LogP contribution is -2.38. The second-order valence-corrected chi connectivity index (χ2v) is 4.85. The van der Waals surface area contributed by atoms with E-state index in [1.165, 1.54) is 6.92 Å². The van der Waals surface area contributed by atoms with E-state index in [2.05, 4.69) is 26.6 Å². The van der Waals surface area contributed by atoms with Crippen LogP contribution in [0.4, 0.5) is 5.69 Å². The van der Waals surface area contributed by atoms with Gasteiger partial charge in [-0.25, -0.2) is 0 Å². The first-order valence-corrected chi connectivity index (χ1v) is 6.23. The van der Waals surface area contributed by atoms with Crippen molar-refractivity contribution in [1.29, 1.82) is 0 Å². The van der Waals surface area contributed by atoms with E-state index in [1.54, 1.807) is 6.07 Å². The molecule has 1 aromatic carbocycles. The second-order valence-electron chi connectivity index (χ2n) is 4.00. The number of amides is 2. The van der Waals surface area contributed by atoms with E-state index in [9.17, 15) is 9.59 Å². The molecule has 0 aromatic heterocycles. The highest BCUT2D eigenvalue weighted by molar-refractivity contribution is 9.10. The van der Waals surface area contributed by atoms with Crippen LogP contribution >= 0.6 is 15.9 Å². The maximum atomic E-state index is 11.5. The summed E-state index contributed by atoms with van der Waals surface area (Å²) in [6, 6.07) is 5.37. The molecule has 0 saturated heterocycles. The molecule has 1 aromatic rings. The van der Waals surface area contributed by atoms with Crippen LogP contribution in [0.5, 0.6) is 0 Å². The highest BCUT2D eigenvalue weighted by atomic mass is 79.9. The van der Waals surface area contributed by atoms with Crippen LogP contribution in [0.2, 0.25) is 0 Å². The highest BCUT2D eigenvalue weighted by Crippen LogP contribution is 2.23. The number of rotatable bonds is 3. The van der Waals surface area contributed by atoms with Gasteiger partial charge >= 0.3 is 11.8 Å². The van der Waals surface area contributed by atoms with Crippen molar-refractivity contribution in [1.82, 2.24) is 5.32 Å². The minimum Gasteiger partial charge on any atom is -0.392 e. The van der Waals surface area contributed by atoms with Gasteiger partial charge in [0.25, 0.3) is 0 Å². The molecular formula is C12H15BrN2O3. The van der Waals surface area contributed by atoms with Crippen molar-refractivity contribution in [2.45, 2.75) is 20.0 Å². The van der Waals surface area contributed by atoms with Gasteiger partial charge in [0.1, 0.15) is 0 Å². The quantitative estimate of drug-likeness (QED) is 0.733. The van der Waals surface area contributed by atoms with Crippen molar-refractivity contribution in [3.63, 3.8) is 0 Å². The summed E-state index contributed by atoms with van der Waals surface area (Å²) in [7, 11) is 0. The molecule has 1 rings (SSSR count). The van der Waals surface area contributed by atoms with Gasteiger partial charge in [-0.05, 0) is 47.5 Å². The molecule has 98 valence electrons. The Kier molecular flexibility index (Phi) is 5.30. The molecule has 0 aliphatic rings. The zero-order chi connectivity index (χ0) is 13.7. The van der Waals surface area contributed by atoms with E-state index in [4.69, 9.17) is 5.11 Å². The third kappa shape index (κ3) is 4.46. The van der Waals surface area contributed by atoms with Crippen LogP contribution < -0.4 is 10.6 Å². The molecule has 5 nitrogen and oxygen atoms in total. The van der Waals surface area contributed by atoms with Crippen molar-refractivity contribution in [2.24, 2.45) is 0 Å². The summed E-state index contributed by atoms with van der Waals surface area (Å²) in [6.07, 6.45) is -0.687. The van der Waals surface area contributed by atoms with E-state index in [-0.39, 0.29) is 6.54 Å². The monoisotopic (exact) mass is 314 g/mol. The number of carbonyl (C=O) groups is 2. The van der Waals surface area contributed by atoms with Gasteiger partial charge in [-0.1, -0.05) is 6.07 Å². The summed E-state index contributed by atoms with van der Waals surface area (Å²) in [5.41, 5.74) is 1.57. The normalized spacial score (nSPS) is 11.8. The molecule has 18 heavy (non-hydrogen) atoms. The average Bonchev–Trinajstić information content (AvgIpc) is 2.29. The zero-order valence-electron chi connectivity index (χ0n) is 10.2. The first kappa shape index (κ1) is 14.7. The molecule has 0 fully saturated rings. The van der Waals surface area contributed by atoms with Crippen molar-refractivity contribution in [3.05, 3.63) is 28.2 Å². The molecule has 1 atom stereocenters. The maximum Gasteiger partial charge on any atom is 0.313 e. The topological polar surface area (TPSA) is 78.4 Å². The Morgan fingerprint density at radius 3 is 2.61 bits per heavy atom. The molecule has 0 aliphatic carbocycles. The molecule has 0 saturated carbocycles. The number of hydrogen-bond donors (Lipinski definition) is 3. The summed E-state index contributed by atoms with van der Waals surface area (Å²) < 4.78 is 0.708. The first-order chi connectivity index (χ1) is 8.40. The number of aryl methyl sites for hydroxylation is 1. The van der Waals surface area contributed by atoms with Crippen LogP contribution in [0, 0.1) is 6.92 Å². The van der Waals surface area contributed by atoms with Gasteiger partial charge in [0.05, 0.1) is 11.8 Å². The number of carbonyl (C=O) groups excluding carboxylic acids is 2. The molecule has 0 heterocycles. The number of aliphatic hydroxyl groups excluding tert-OH is 1. The average molecular weight is 315 g/mol. The number of halogens is 1. The summed E-state index contributed by atoms with van der Waals surface area (Å²) in [5, 5.41) is 13.8. The second kappa shape index (κ2) is 6.51. The van der Waals surface area contributed by atoms with Gasteiger partial charge in [0, 0.05) is 11.0 Å². The van der Waals surface area contributed by atoms with Crippen molar-refractivity contribution < 1.29 is 14.7 Å². The summed E-state index contributed by atoms with van der Waals surface area (Å²) >= 11 is 3.30. The van der Waals surface area contributed by atoms with Gasteiger partial charge in [0.15, 0.2) is 0 Å². The van der Waals surface area contributed by atoms with Gasteiger partial charge in [-0.15, -0.1) is 0 Å². The minimum atomic E-state index is -0.775. The zero-order valence-corrected chi connectivity index (χ0v) is 11.7. The smallest absolute Gasteiger partial charge is 0.313 e. The molecular weight excluding hydrogens is 300 g/mol. The number of anilines is 1. The Morgan fingerprint density at radius 1 is 1.39 bits per heavy atom. The fourth-order valence-corrected chi connectivity index (χ4v) is 1.81. The highest BCUT2D eigenvalue weighted by Gasteiger charge is 2.15. The van der Waals surface area contributed by atoms with Crippen LogP contribution in [-0.4, -0.2) is 29.6 Å². The molecule has 0 unspecified atom stereocenters. The minimum absolute atomic E-state index is 0.0430. The summed E-state index contributed by atoms with van der Waals surface area (Å²) in [5.74, 6) is -1.54. The van der Waals surface area contributed by atoms with Gasteiger partial charge < -0.3 is 15.7 Å². The largest absolute Gasteiger partial charge is 0.392 e. The van der Waals surface area contributed by atoms with E-state index < -0.39 is 17.9 Å². The van der Waals surface area contributed by atoms with E-state index >= 15 is 0 Å². The Hall–Kier alpha value is -1.40. The number of hydrogen-bond acceptors (Lipinski definition) is 3. The van der Waals surface area contributed by atoms with Crippen molar-refractivity contribution in [2.75, 3.05) is 11.9 Å². The summed E-state index contributed by atoms with van der Waals surface area (Å²) in [6.45, 7) is 3.49. The molecule has 3 N–H and O–H groups in total. The maximum absolute atomic E-state index is 11.5.